The predicted octanol–water partition coefficient (Wildman–Crippen LogP) is 4.91. The second-order valence-corrected chi connectivity index (χ2v) is 7.69. The van der Waals surface area contributed by atoms with Gasteiger partial charge in [0.1, 0.15) is 0 Å². The number of nitrogens with one attached hydrogen (secondary N) is 1. The van der Waals surface area contributed by atoms with E-state index >= 15 is 0 Å². The number of H-pyrrole nitrogens is 1. The summed E-state index contributed by atoms with van der Waals surface area (Å²) in [4.78, 5) is 27.8. The summed E-state index contributed by atoms with van der Waals surface area (Å²) in [5.74, 6) is -0.373. The first-order valence-corrected chi connectivity index (χ1v) is 9.71. The number of carboxylic acids is 1. The molecule has 0 aliphatic carbocycles. The molecule has 144 valence electrons. The summed E-state index contributed by atoms with van der Waals surface area (Å²) in [6.45, 7) is 3.22. The molecule has 28 heavy (non-hydrogen) atoms. The van der Waals surface area contributed by atoms with Gasteiger partial charge in [-0.05, 0) is 42.0 Å². The summed E-state index contributed by atoms with van der Waals surface area (Å²) >= 11 is 6.46. The Bertz CT molecular complexity index is 1050. The summed E-state index contributed by atoms with van der Waals surface area (Å²) < 4.78 is 0. The molecule has 5 nitrogen and oxygen atoms in total. The van der Waals surface area contributed by atoms with Gasteiger partial charge in [0.2, 0.25) is 5.91 Å². The Kier molecular flexibility index (Phi) is 4.85. The Hall–Kier alpha value is -2.79. The van der Waals surface area contributed by atoms with Crippen LogP contribution in [0.1, 0.15) is 41.6 Å². The van der Waals surface area contributed by atoms with E-state index in [1.165, 1.54) is 11.8 Å². The number of carbonyl (C=O) groups excluding carboxylic acids is 1. The van der Waals surface area contributed by atoms with Gasteiger partial charge in [-0.3, -0.25) is 4.79 Å². The Morgan fingerprint density at radius 3 is 2.43 bits per heavy atom. The monoisotopic (exact) mass is 396 g/mol. The molecule has 6 heteroatoms. The molecule has 2 aromatic carbocycles. The molecule has 0 atom stereocenters. The number of carbonyl (C=O) groups is 2. The summed E-state index contributed by atoms with van der Waals surface area (Å²) in [5.41, 5.74) is 3.97. The molecule has 1 aliphatic rings. The van der Waals surface area contributed by atoms with Gasteiger partial charge in [-0.1, -0.05) is 35.9 Å². The van der Waals surface area contributed by atoms with Gasteiger partial charge in [0.25, 0.3) is 0 Å². The molecule has 4 rings (SSSR count). The van der Waals surface area contributed by atoms with Crippen LogP contribution in [0.5, 0.6) is 0 Å². The van der Waals surface area contributed by atoms with E-state index in [9.17, 15) is 14.7 Å². The van der Waals surface area contributed by atoms with E-state index in [-0.39, 0.29) is 11.5 Å². The number of nitrogens with zero attached hydrogens (tertiary/aromatic N) is 1. The van der Waals surface area contributed by atoms with Gasteiger partial charge in [0, 0.05) is 42.7 Å². The van der Waals surface area contributed by atoms with Crippen LogP contribution in [0.3, 0.4) is 0 Å². The Balaban J connectivity index is 1.60. The van der Waals surface area contributed by atoms with Crippen molar-refractivity contribution in [2.75, 3.05) is 13.1 Å². The number of benzene rings is 2. The van der Waals surface area contributed by atoms with Crippen molar-refractivity contribution in [1.29, 1.82) is 0 Å². The second kappa shape index (κ2) is 7.32. The number of amides is 1. The van der Waals surface area contributed by atoms with Crippen molar-refractivity contribution in [3.63, 3.8) is 0 Å². The zero-order valence-corrected chi connectivity index (χ0v) is 16.3. The molecule has 1 saturated heterocycles. The number of likely N-dealkylation sites (tertiary alicyclic amines) is 1. The molecule has 1 fully saturated rings. The molecule has 1 aliphatic heterocycles. The number of aromatic amines is 1. The minimum atomic E-state index is -0.966. The largest absolute Gasteiger partial charge is 0.478 e. The van der Waals surface area contributed by atoms with Crippen LogP contribution in [0.25, 0.3) is 22.0 Å². The summed E-state index contributed by atoms with van der Waals surface area (Å²) in [7, 11) is 0. The Labute approximate surface area is 167 Å². The number of aromatic nitrogens is 1. The minimum Gasteiger partial charge on any atom is -0.478 e. The highest BCUT2D eigenvalue weighted by atomic mass is 35.5. The molecule has 0 bridgehead atoms. The number of aromatic carboxylic acids is 1. The number of piperidine rings is 1. The quantitative estimate of drug-likeness (QED) is 0.660. The minimum absolute atomic E-state index is 0.143. The van der Waals surface area contributed by atoms with Crippen LogP contribution >= 0.6 is 11.6 Å². The maximum Gasteiger partial charge on any atom is 0.337 e. The van der Waals surface area contributed by atoms with Gasteiger partial charge < -0.3 is 15.0 Å². The number of hydrogen-bond acceptors (Lipinski definition) is 2. The van der Waals surface area contributed by atoms with E-state index in [4.69, 9.17) is 11.6 Å². The normalized spacial score (nSPS) is 15.1. The second-order valence-electron chi connectivity index (χ2n) is 7.29. The standard InChI is InChI=1S/C22H21ClN2O3/c1-13(26)25-8-6-15(7-9-25)14-2-4-16(5-3-14)17-10-18-19(22(27)28)12-24-21(18)11-20(17)23/h2-5,10-12,15,24H,6-9H2,1H3,(H,27,28). The van der Waals surface area contributed by atoms with E-state index in [1.54, 1.807) is 13.0 Å². The maximum atomic E-state index is 11.5. The number of fused-ring (bicyclic) bond motifs is 1. The molecule has 2 heterocycles. The third-order valence-electron chi connectivity index (χ3n) is 5.63. The van der Waals surface area contributed by atoms with Crippen LogP contribution in [0.2, 0.25) is 5.02 Å². The van der Waals surface area contributed by atoms with Crippen molar-refractivity contribution in [2.24, 2.45) is 0 Å². The first kappa shape index (κ1) is 18.6. The zero-order chi connectivity index (χ0) is 19.8. The molecule has 0 radical (unpaired) electrons. The lowest BCUT2D eigenvalue weighted by Gasteiger charge is -2.31. The van der Waals surface area contributed by atoms with E-state index in [1.807, 2.05) is 23.1 Å². The lowest BCUT2D eigenvalue weighted by molar-refractivity contribution is -0.129. The van der Waals surface area contributed by atoms with E-state index in [2.05, 4.69) is 17.1 Å². The molecule has 3 aromatic rings. The highest BCUT2D eigenvalue weighted by Gasteiger charge is 2.22. The van der Waals surface area contributed by atoms with Crippen molar-refractivity contribution < 1.29 is 14.7 Å². The topological polar surface area (TPSA) is 73.4 Å². The van der Waals surface area contributed by atoms with Crippen LogP contribution in [-0.4, -0.2) is 40.0 Å². The van der Waals surface area contributed by atoms with Crippen molar-refractivity contribution in [3.05, 3.63) is 58.7 Å². The number of halogens is 1. The molecule has 1 amide bonds. The Morgan fingerprint density at radius 2 is 1.82 bits per heavy atom. The summed E-state index contributed by atoms with van der Waals surface area (Å²) in [6, 6.07) is 11.9. The third-order valence-corrected chi connectivity index (χ3v) is 5.95. The van der Waals surface area contributed by atoms with Crippen molar-refractivity contribution in [2.45, 2.75) is 25.7 Å². The number of rotatable bonds is 3. The van der Waals surface area contributed by atoms with Crippen LogP contribution < -0.4 is 0 Å². The molecule has 1 aromatic heterocycles. The molecule has 0 unspecified atom stereocenters. The van der Waals surface area contributed by atoms with E-state index < -0.39 is 5.97 Å². The average molecular weight is 397 g/mol. The van der Waals surface area contributed by atoms with Gasteiger partial charge in [-0.15, -0.1) is 0 Å². The third kappa shape index (κ3) is 3.38. The summed E-state index contributed by atoms with van der Waals surface area (Å²) in [5, 5.41) is 10.6. The highest BCUT2D eigenvalue weighted by Crippen LogP contribution is 2.35. The maximum absolute atomic E-state index is 11.5. The lowest BCUT2D eigenvalue weighted by Crippen LogP contribution is -2.36. The molecule has 0 spiro atoms. The highest BCUT2D eigenvalue weighted by molar-refractivity contribution is 6.34. The molecular weight excluding hydrogens is 376 g/mol. The van der Waals surface area contributed by atoms with Crippen LogP contribution in [0.4, 0.5) is 0 Å². The van der Waals surface area contributed by atoms with Crippen LogP contribution in [0.15, 0.2) is 42.6 Å². The SMILES string of the molecule is CC(=O)N1CCC(c2ccc(-c3cc4c(C(=O)O)c[nH]c4cc3Cl)cc2)CC1. The van der Waals surface area contributed by atoms with Crippen molar-refractivity contribution >= 4 is 34.4 Å². The van der Waals surface area contributed by atoms with Crippen molar-refractivity contribution in [1.82, 2.24) is 9.88 Å². The first-order valence-electron chi connectivity index (χ1n) is 9.34. The smallest absolute Gasteiger partial charge is 0.337 e. The van der Waals surface area contributed by atoms with Crippen molar-refractivity contribution in [3.8, 4) is 11.1 Å². The average Bonchev–Trinajstić information content (AvgIpc) is 3.10. The van der Waals surface area contributed by atoms with Gasteiger partial charge in [0.15, 0.2) is 0 Å². The number of carboxylic acid groups (broad SMARTS) is 1. The fourth-order valence-electron chi connectivity index (χ4n) is 4.00. The lowest BCUT2D eigenvalue weighted by atomic mass is 9.88. The van der Waals surface area contributed by atoms with Crippen LogP contribution in [0, 0.1) is 0 Å². The number of hydrogen-bond donors (Lipinski definition) is 2. The zero-order valence-electron chi connectivity index (χ0n) is 15.5. The molecule has 0 saturated carbocycles. The van der Waals surface area contributed by atoms with Gasteiger partial charge >= 0.3 is 5.97 Å². The van der Waals surface area contributed by atoms with Crippen LogP contribution in [-0.2, 0) is 4.79 Å². The first-order chi connectivity index (χ1) is 13.4. The van der Waals surface area contributed by atoms with Gasteiger partial charge in [-0.25, -0.2) is 4.79 Å². The Morgan fingerprint density at radius 1 is 1.14 bits per heavy atom. The van der Waals surface area contributed by atoms with E-state index in [0.29, 0.717) is 21.8 Å². The summed E-state index contributed by atoms with van der Waals surface area (Å²) in [6.07, 6.45) is 3.43. The fraction of sp³-hybridized carbons (Fsp3) is 0.273. The predicted molar refractivity (Wildman–Crippen MR) is 110 cm³/mol. The molecular formula is C22H21ClN2O3. The molecule has 2 N–H and O–H groups in total. The van der Waals surface area contributed by atoms with Gasteiger partial charge in [-0.2, -0.15) is 0 Å². The van der Waals surface area contributed by atoms with E-state index in [0.717, 1.165) is 37.1 Å². The van der Waals surface area contributed by atoms with Gasteiger partial charge in [0.05, 0.1) is 10.6 Å². The fourth-order valence-corrected chi connectivity index (χ4v) is 4.28.